The van der Waals surface area contributed by atoms with Crippen molar-refractivity contribution in [3.05, 3.63) is 32.7 Å². The summed E-state index contributed by atoms with van der Waals surface area (Å²) in [6, 6.07) is 1.17. The number of nitrogens with zero attached hydrogens (tertiary/aromatic N) is 3. The first-order valence-electron chi connectivity index (χ1n) is 3.61. The van der Waals surface area contributed by atoms with Gasteiger partial charge in [0.2, 0.25) is 5.65 Å². The molecule has 0 fully saturated rings. The van der Waals surface area contributed by atoms with E-state index < -0.39 is 10.5 Å². The Morgan fingerprint density at radius 2 is 2.36 bits per heavy atom. The molecule has 0 aliphatic rings. The van der Waals surface area contributed by atoms with Gasteiger partial charge in [-0.15, -0.1) is 0 Å². The molecule has 0 bridgehead atoms. The number of hydrogen-bond acceptors (Lipinski definition) is 5. The van der Waals surface area contributed by atoms with Crippen molar-refractivity contribution >= 4 is 17.2 Å². The molecule has 2 heterocycles. The van der Waals surface area contributed by atoms with Gasteiger partial charge < -0.3 is 5.73 Å². The summed E-state index contributed by atoms with van der Waals surface area (Å²) in [4.78, 5) is 24.7. The molecule has 0 saturated heterocycles. The standard InChI is InChI=1S/C6H5N5O3/c7-5-4(11(13)14)6-8-2-1-3(12)10(6)9-5/h1-2,9H,7H2. The van der Waals surface area contributed by atoms with E-state index in [9.17, 15) is 14.9 Å². The van der Waals surface area contributed by atoms with Gasteiger partial charge in [0.25, 0.3) is 5.56 Å². The fourth-order valence-corrected chi connectivity index (χ4v) is 1.16. The lowest BCUT2D eigenvalue weighted by Gasteiger charge is -1.88. The molecular formula is C6H5N5O3. The van der Waals surface area contributed by atoms with E-state index in [1.165, 1.54) is 12.3 Å². The second kappa shape index (κ2) is 2.55. The van der Waals surface area contributed by atoms with Crippen LogP contribution >= 0.6 is 0 Å². The number of aromatic nitrogens is 3. The van der Waals surface area contributed by atoms with E-state index in [0.29, 0.717) is 0 Å². The Morgan fingerprint density at radius 1 is 1.64 bits per heavy atom. The van der Waals surface area contributed by atoms with Crippen molar-refractivity contribution < 1.29 is 4.92 Å². The maximum absolute atomic E-state index is 11.2. The molecule has 8 heteroatoms. The van der Waals surface area contributed by atoms with E-state index >= 15 is 0 Å². The van der Waals surface area contributed by atoms with Gasteiger partial charge in [-0.3, -0.25) is 20.0 Å². The number of H-pyrrole nitrogens is 1. The quantitative estimate of drug-likeness (QED) is 0.470. The Labute approximate surface area is 76.1 Å². The highest BCUT2D eigenvalue weighted by Gasteiger charge is 2.21. The van der Waals surface area contributed by atoms with Gasteiger partial charge in [0.15, 0.2) is 5.82 Å². The summed E-state index contributed by atoms with van der Waals surface area (Å²) in [7, 11) is 0. The molecular weight excluding hydrogens is 190 g/mol. The van der Waals surface area contributed by atoms with E-state index in [1.807, 2.05) is 0 Å². The molecule has 0 aliphatic heterocycles. The third-order valence-corrected chi connectivity index (χ3v) is 1.73. The largest absolute Gasteiger partial charge is 0.378 e. The van der Waals surface area contributed by atoms with Crippen LogP contribution in [0.15, 0.2) is 17.1 Å². The summed E-state index contributed by atoms with van der Waals surface area (Å²) >= 11 is 0. The van der Waals surface area contributed by atoms with Gasteiger partial charge >= 0.3 is 5.69 Å². The van der Waals surface area contributed by atoms with Crippen LogP contribution in [0.2, 0.25) is 0 Å². The van der Waals surface area contributed by atoms with Gasteiger partial charge in [0.1, 0.15) is 0 Å². The number of rotatable bonds is 1. The van der Waals surface area contributed by atoms with Gasteiger partial charge in [0, 0.05) is 12.3 Å². The zero-order chi connectivity index (χ0) is 10.3. The lowest BCUT2D eigenvalue weighted by Crippen LogP contribution is -2.12. The molecule has 0 unspecified atom stereocenters. The molecule has 0 atom stereocenters. The smallest absolute Gasteiger partial charge is 0.354 e. The fourth-order valence-electron chi connectivity index (χ4n) is 1.16. The van der Waals surface area contributed by atoms with E-state index in [2.05, 4.69) is 10.1 Å². The number of anilines is 1. The van der Waals surface area contributed by atoms with Crippen LogP contribution in [0.5, 0.6) is 0 Å². The first-order valence-corrected chi connectivity index (χ1v) is 3.61. The van der Waals surface area contributed by atoms with Crippen molar-refractivity contribution in [3.8, 4) is 0 Å². The van der Waals surface area contributed by atoms with Gasteiger partial charge in [-0.1, -0.05) is 0 Å². The number of nitrogen functional groups attached to an aromatic ring is 1. The van der Waals surface area contributed by atoms with Crippen LogP contribution in [0.25, 0.3) is 5.65 Å². The molecule has 0 spiro atoms. The van der Waals surface area contributed by atoms with Crippen molar-refractivity contribution in [1.82, 2.24) is 14.6 Å². The lowest BCUT2D eigenvalue weighted by molar-refractivity contribution is -0.382. The normalized spacial score (nSPS) is 10.6. The van der Waals surface area contributed by atoms with Crippen molar-refractivity contribution in [2.24, 2.45) is 0 Å². The minimum Gasteiger partial charge on any atom is -0.378 e. The minimum absolute atomic E-state index is 0.0833. The van der Waals surface area contributed by atoms with E-state index in [1.54, 1.807) is 0 Å². The van der Waals surface area contributed by atoms with Crippen LogP contribution in [-0.2, 0) is 0 Å². The third kappa shape index (κ3) is 0.937. The maximum atomic E-state index is 11.2. The molecule has 0 saturated carbocycles. The molecule has 0 amide bonds. The number of fused-ring (bicyclic) bond motifs is 1. The lowest BCUT2D eigenvalue weighted by atomic mass is 10.5. The Morgan fingerprint density at radius 3 is 3.00 bits per heavy atom. The van der Waals surface area contributed by atoms with E-state index in [0.717, 1.165) is 4.52 Å². The highest BCUT2D eigenvalue weighted by molar-refractivity contribution is 5.70. The maximum Gasteiger partial charge on any atom is 0.354 e. The Bertz CT molecular complexity index is 568. The molecule has 72 valence electrons. The van der Waals surface area contributed by atoms with Crippen LogP contribution in [0.1, 0.15) is 0 Å². The van der Waals surface area contributed by atoms with Crippen molar-refractivity contribution in [2.45, 2.75) is 0 Å². The molecule has 2 rings (SSSR count). The highest BCUT2D eigenvalue weighted by Crippen LogP contribution is 2.22. The minimum atomic E-state index is -0.687. The van der Waals surface area contributed by atoms with Gasteiger partial charge in [-0.05, 0) is 0 Å². The molecule has 8 nitrogen and oxygen atoms in total. The first-order chi connectivity index (χ1) is 6.61. The van der Waals surface area contributed by atoms with Crippen LogP contribution in [-0.4, -0.2) is 19.5 Å². The summed E-state index contributed by atoms with van der Waals surface area (Å²) in [5.74, 6) is -0.189. The second-order valence-corrected chi connectivity index (χ2v) is 2.57. The topological polar surface area (TPSA) is 119 Å². The summed E-state index contributed by atoms with van der Waals surface area (Å²) < 4.78 is 0.924. The van der Waals surface area contributed by atoms with Crippen LogP contribution in [0, 0.1) is 10.1 Å². The van der Waals surface area contributed by atoms with Crippen molar-refractivity contribution in [3.63, 3.8) is 0 Å². The molecule has 2 aromatic heterocycles. The molecule has 0 aromatic carbocycles. The van der Waals surface area contributed by atoms with Crippen molar-refractivity contribution in [1.29, 1.82) is 0 Å². The Balaban J connectivity index is 2.98. The van der Waals surface area contributed by atoms with Crippen LogP contribution in [0.3, 0.4) is 0 Å². The summed E-state index contributed by atoms with van der Waals surface area (Å²) in [6.07, 6.45) is 1.19. The number of hydrogen-bond donors (Lipinski definition) is 2. The highest BCUT2D eigenvalue weighted by atomic mass is 16.6. The first kappa shape index (κ1) is 8.23. The predicted molar refractivity (Wildman–Crippen MR) is 46.9 cm³/mol. The molecule has 2 aromatic rings. The third-order valence-electron chi connectivity index (χ3n) is 1.73. The van der Waals surface area contributed by atoms with E-state index in [-0.39, 0.29) is 17.2 Å². The number of nitro groups is 1. The predicted octanol–water partition coefficient (Wildman–Crippen LogP) is -0.487. The summed E-state index contributed by atoms with van der Waals surface area (Å²) in [6.45, 7) is 0. The summed E-state index contributed by atoms with van der Waals surface area (Å²) in [5.41, 5.74) is 4.41. The zero-order valence-electron chi connectivity index (χ0n) is 6.80. The van der Waals surface area contributed by atoms with Gasteiger partial charge in [0.05, 0.1) is 4.92 Å². The zero-order valence-corrected chi connectivity index (χ0v) is 6.80. The van der Waals surface area contributed by atoms with Crippen LogP contribution < -0.4 is 11.3 Å². The molecule has 0 aliphatic carbocycles. The second-order valence-electron chi connectivity index (χ2n) is 2.57. The fraction of sp³-hybridized carbons (Fsp3) is 0. The Hall–Kier alpha value is -2.38. The number of nitrogens with two attached hydrogens (primary N) is 1. The van der Waals surface area contributed by atoms with Crippen LogP contribution in [0.4, 0.5) is 11.5 Å². The average Bonchev–Trinajstić information content (AvgIpc) is 2.42. The number of aromatic amines is 1. The van der Waals surface area contributed by atoms with Gasteiger partial charge in [-0.2, -0.15) is 4.52 Å². The Kier molecular flexibility index (Phi) is 1.50. The average molecular weight is 195 g/mol. The SMILES string of the molecule is Nc1[nH]n2c(=O)ccnc2c1[N+](=O)[O-]. The molecule has 14 heavy (non-hydrogen) atoms. The number of nitrogens with one attached hydrogen (secondary N) is 1. The van der Waals surface area contributed by atoms with E-state index in [4.69, 9.17) is 5.73 Å². The molecule has 3 N–H and O–H groups in total. The van der Waals surface area contributed by atoms with Gasteiger partial charge in [-0.25, -0.2) is 4.98 Å². The monoisotopic (exact) mass is 195 g/mol. The summed E-state index contributed by atoms with van der Waals surface area (Å²) in [5, 5.41) is 12.9. The van der Waals surface area contributed by atoms with Crippen molar-refractivity contribution in [2.75, 3.05) is 5.73 Å². The molecule has 0 radical (unpaired) electrons.